The summed E-state index contributed by atoms with van der Waals surface area (Å²) in [5.74, 6) is -0.236. The Morgan fingerprint density at radius 3 is 2.82 bits per heavy atom. The molecule has 0 aromatic rings. The fraction of sp³-hybridized carbons (Fsp3) is 0.833. The van der Waals surface area contributed by atoms with Gasteiger partial charge < -0.3 is 15.3 Å². The smallest absolute Gasteiger partial charge is 0.225 e. The van der Waals surface area contributed by atoms with Crippen LogP contribution in [-0.4, -0.2) is 47.6 Å². The van der Waals surface area contributed by atoms with Crippen LogP contribution in [0.15, 0.2) is 0 Å². The lowest BCUT2D eigenvalue weighted by molar-refractivity contribution is -0.128. The van der Waals surface area contributed by atoms with Gasteiger partial charge in [-0.1, -0.05) is 6.92 Å². The molecule has 2 unspecified atom stereocenters. The maximum Gasteiger partial charge on any atom is 0.225 e. The number of likely N-dealkylation sites (tertiary alicyclic amines) is 1. The second-order valence-electron chi connectivity index (χ2n) is 4.48. The molecule has 0 aliphatic carbocycles. The number of hydrogen-bond donors (Lipinski definition) is 2. The molecule has 1 heterocycles. The molecule has 1 saturated heterocycles. The lowest BCUT2D eigenvalue weighted by Crippen LogP contribution is -2.34. The highest BCUT2D eigenvalue weighted by atomic mass is 16.3. The number of hydrogen-bond acceptors (Lipinski definition) is 3. The van der Waals surface area contributed by atoms with Crippen LogP contribution >= 0.6 is 0 Å². The Bertz CT molecular complexity index is 281. The molecule has 0 aromatic heterocycles. The van der Waals surface area contributed by atoms with Gasteiger partial charge in [-0.15, -0.1) is 0 Å². The summed E-state index contributed by atoms with van der Waals surface area (Å²) in [5.41, 5.74) is 0. The van der Waals surface area contributed by atoms with Crippen molar-refractivity contribution in [3.8, 4) is 0 Å². The van der Waals surface area contributed by atoms with E-state index >= 15 is 0 Å². The fourth-order valence-corrected chi connectivity index (χ4v) is 1.96. The van der Waals surface area contributed by atoms with E-state index in [1.54, 1.807) is 4.90 Å². The van der Waals surface area contributed by atoms with Crippen molar-refractivity contribution in [3.63, 3.8) is 0 Å². The molecule has 17 heavy (non-hydrogen) atoms. The van der Waals surface area contributed by atoms with Crippen LogP contribution in [0.25, 0.3) is 0 Å². The number of carbonyl (C=O) groups excluding carboxylic acids is 2. The number of rotatable bonds is 6. The monoisotopic (exact) mass is 242 g/mol. The summed E-state index contributed by atoms with van der Waals surface area (Å²) < 4.78 is 0. The van der Waals surface area contributed by atoms with Gasteiger partial charge >= 0.3 is 0 Å². The summed E-state index contributed by atoms with van der Waals surface area (Å²) >= 11 is 0. The Morgan fingerprint density at radius 1 is 1.59 bits per heavy atom. The van der Waals surface area contributed by atoms with Gasteiger partial charge in [0.2, 0.25) is 11.8 Å². The minimum absolute atomic E-state index is 0.0567. The maximum absolute atomic E-state index is 11.8. The van der Waals surface area contributed by atoms with Crippen LogP contribution in [0.4, 0.5) is 0 Å². The van der Waals surface area contributed by atoms with Gasteiger partial charge in [0.15, 0.2) is 0 Å². The standard InChI is InChI=1S/C12H22N2O3/c1-3-10(15)5-6-13-12(17)9-7-11(16)14(4-2)8-9/h9-10,15H,3-8H2,1-2H3,(H,13,17). The molecule has 1 fully saturated rings. The van der Waals surface area contributed by atoms with E-state index in [1.165, 1.54) is 0 Å². The Balaban J connectivity index is 2.27. The molecular weight excluding hydrogens is 220 g/mol. The van der Waals surface area contributed by atoms with Crippen LogP contribution in [0.5, 0.6) is 0 Å². The summed E-state index contributed by atoms with van der Waals surface area (Å²) in [6, 6.07) is 0. The number of aliphatic hydroxyl groups is 1. The van der Waals surface area contributed by atoms with Crippen LogP contribution in [0, 0.1) is 5.92 Å². The van der Waals surface area contributed by atoms with E-state index in [1.807, 2.05) is 13.8 Å². The predicted octanol–water partition coefficient (Wildman–Crippen LogP) is 0.132. The Morgan fingerprint density at radius 2 is 2.29 bits per heavy atom. The quantitative estimate of drug-likeness (QED) is 0.695. The van der Waals surface area contributed by atoms with Gasteiger partial charge in [0, 0.05) is 26.1 Å². The molecule has 2 amide bonds. The normalized spacial score (nSPS) is 21.7. The van der Waals surface area contributed by atoms with Crippen LogP contribution in [0.2, 0.25) is 0 Å². The van der Waals surface area contributed by atoms with E-state index < -0.39 is 0 Å². The van der Waals surface area contributed by atoms with Crippen LogP contribution in [0.3, 0.4) is 0 Å². The molecule has 0 radical (unpaired) electrons. The first kappa shape index (κ1) is 14.0. The van der Waals surface area contributed by atoms with Gasteiger partial charge in [-0.25, -0.2) is 0 Å². The molecule has 2 atom stereocenters. The molecule has 0 bridgehead atoms. The Hall–Kier alpha value is -1.10. The van der Waals surface area contributed by atoms with Crippen LogP contribution in [0.1, 0.15) is 33.1 Å². The fourth-order valence-electron chi connectivity index (χ4n) is 1.96. The van der Waals surface area contributed by atoms with E-state index in [2.05, 4.69) is 5.32 Å². The highest BCUT2D eigenvalue weighted by molar-refractivity contribution is 5.89. The van der Waals surface area contributed by atoms with Crippen molar-refractivity contribution in [2.75, 3.05) is 19.6 Å². The second-order valence-corrected chi connectivity index (χ2v) is 4.48. The van der Waals surface area contributed by atoms with E-state index in [0.29, 0.717) is 38.9 Å². The van der Waals surface area contributed by atoms with E-state index in [-0.39, 0.29) is 23.8 Å². The SMILES string of the molecule is CCC(O)CCNC(=O)C1CC(=O)N(CC)C1. The maximum atomic E-state index is 11.8. The summed E-state index contributed by atoms with van der Waals surface area (Å²) in [6.07, 6.45) is 1.23. The molecule has 5 heteroatoms. The van der Waals surface area contributed by atoms with Crippen molar-refractivity contribution >= 4 is 11.8 Å². The van der Waals surface area contributed by atoms with Gasteiger partial charge in [-0.2, -0.15) is 0 Å². The van der Waals surface area contributed by atoms with Crippen LogP contribution in [-0.2, 0) is 9.59 Å². The van der Waals surface area contributed by atoms with Crippen molar-refractivity contribution in [2.45, 2.75) is 39.2 Å². The summed E-state index contributed by atoms with van der Waals surface area (Å²) in [4.78, 5) is 24.9. The Kier molecular flexibility index (Phi) is 5.41. The number of nitrogens with zero attached hydrogens (tertiary/aromatic N) is 1. The van der Waals surface area contributed by atoms with E-state index in [4.69, 9.17) is 0 Å². The molecule has 1 rings (SSSR count). The second kappa shape index (κ2) is 6.59. The molecule has 0 aromatic carbocycles. The first-order chi connectivity index (χ1) is 8.08. The number of amides is 2. The molecule has 1 aliphatic rings. The Labute approximate surface area is 102 Å². The largest absolute Gasteiger partial charge is 0.393 e. The molecule has 1 aliphatic heterocycles. The highest BCUT2D eigenvalue weighted by Gasteiger charge is 2.32. The number of carbonyl (C=O) groups is 2. The van der Waals surface area contributed by atoms with Crippen molar-refractivity contribution in [2.24, 2.45) is 5.92 Å². The number of aliphatic hydroxyl groups excluding tert-OH is 1. The first-order valence-corrected chi connectivity index (χ1v) is 6.32. The zero-order chi connectivity index (χ0) is 12.8. The minimum Gasteiger partial charge on any atom is -0.393 e. The van der Waals surface area contributed by atoms with E-state index in [9.17, 15) is 14.7 Å². The summed E-state index contributed by atoms with van der Waals surface area (Å²) in [7, 11) is 0. The predicted molar refractivity (Wildman–Crippen MR) is 64.3 cm³/mol. The van der Waals surface area contributed by atoms with Gasteiger partial charge in [-0.05, 0) is 19.8 Å². The van der Waals surface area contributed by atoms with Gasteiger partial charge in [-0.3, -0.25) is 9.59 Å². The molecular formula is C12H22N2O3. The molecule has 2 N–H and O–H groups in total. The lowest BCUT2D eigenvalue weighted by atomic mass is 10.1. The molecule has 0 spiro atoms. The van der Waals surface area contributed by atoms with Crippen LogP contribution < -0.4 is 5.32 Å². The van der Waals surface area contributed by atoms with E-state index in [0.717, 1.165) is 0 Å². The highest BCUT2D eigenvalue weighted by Crippen LogP contribution is 2.17. The molecule has 5 nitrogen and oxygen atoms in total. The average Bonchev–Trinajstić information content (AvgIpc) is 2.70. The van der Waals surface area contributed by atoms with Crippen molar-refractivity contribution in [1.29, 1.82) is 0 Å². The molecule has 0 saturated carbocycles. The number of nitrogens with one attached hydrogen (secondary N) is 1. The van der Waals surface area contributed by atoms with Gasteiger partial charge in [0.25, 0.3) is 0 Å². The zero-order valence-electron chi connectivity index (χ0n) is 10.6. The van der Waals surface area contributed by atoms with Gasteiger partial charge in [0.05, 0.1) is 12.0 Å². The third-order valence-corrected chi connectivity index (χ3v) is 3.22. The van der Waals surface area contributed by atoms with Gasteiger partial charge in [0.1, 0.15) is 0 Å². The van der Waals surface area contributed by atoms with Crippen molar-refractivity contribution in [1.82, 2.24) is 10.2 Å². The summed E-state index contributed by atoms with van der Waals surface area (Å²) in [6.45, 7) is 5.48. The third kappa shape index (κ3) is 4.00. The third-order valence-electron chi connectivity index (χ3n) is 3.22. The average molecular weight is 242 g/mol. The van der Waals surface area contributed by atoms with Crippen molar-refractivity contribution < 1.29 is 14.7 Å². The molecule has 98 valence electrons. The summed E-state index contributed by atoms with van der Waals surface area (Å²) in [5, 5.41) is 12.1. The van der Waals surface area contributed by atoms with Crippen molar-refractivity contribution in [3.05, 3.63) is 0 Å². The first-order valence-electron chi connectivity index (χ1n) is 6.32. The zero-order valence-corrected chi connectivity index (χ0v) is 10.6. The minimum atomic E-state index is -0.354. The topological polar surface area (TPSA) is 69.6 Å². The lowest BCUT2D eigenvalue weighted by Gasteiger charge is -2.14.